The lowest BCUT2D eigenvalue weighted by molar-refractivity contribution is -0.137. The van der Waals surface area contributed by atoms with Gasteiger partial charge in [0.15, 0.2) is 0 Å². The molecule has 20 heavy (non-hydrogen) atoms. The Morgan fingerprint density at radius 2 is 1.80 bits per heavy atom. The van der Waals surface area contributed by atoms with Gasteiger partial charge in [-0.1, -0.05) is 12.1 Å². The van der Waals surface area contributed by atoms with Crippen molar-refractivity contribution < 1.29 is 19.1 Å². The summed E-state index contributed by atoms with van der Waals surface area (Å²) >= 11 is 0. The number of aryl methyl sites for hydroxylation is 1. The first-order valence-electron chi connectivity index (χ1n) is 6.56. The van der Waals surface area contributed by atoms with Crippen LogP contribution in [0.4, 0.5) is 4.39 Å². The van der Waals surface area contributed by atoms with Crippen LogP contribution in [-0.2, 0) is 16.0 Å². The minimum atomic E-state index is -0.876. The van der Waals surface area contributed by atoms with Crippen molar-refractivity contribution in [3.8, 4) is 0 Å². The molecule has 110 valence electrons. The zero-order valence-electron chi connectivity index (χ0n) is 11.8. The number of halogens is 1. The van der Waals surface area contributed by atoms with Crippen LogP contribution in [0.25, 0.3) is 0 Å². The Morgan fingerprint density at radius 3 is 2.35 bits per heavy atom. The minimum absolute atomic E-state index is 0.0191. The van der Waals surface area contributed by atoms with Gasteiger partial charge in [-0.25, -0.2) is 4.39 Å². The third kappa shape index (κ3) is 6.31. The third-order valence-electron chi connectivity index (χ3n) is 3.00. The van der Waals surface area contributed by atoms with Gasteiger partial charge in [0.1, 0.15) is 5.82 Å². The Hall–Kier alpha value is -1.91. The standard InChI is InChI=1S/C15H20FNO3/c1-15(2,10-9-14(19)20)17-13(18)8-5-11-3-6-12(16)7-4-11/h3-4,6-7H,5,8-10H2,1-2H3,(H,17,18)(H,19,20). The first-order chi connectivity index (χ1) is 9.28. The van der Waals surface area contributed by atoms with Gasteiger partial charge in [0.25, 0.3) is 0 Å². The first kappa shape index (κ1) is 16.1. The van der Waals surface area contributed by atoms with Crippen molar-refractivity contribution in [2.45, 2.75) is 45.1 Å². The van der Waals surface area contributed by atoms with Crippen molar-refractivity contribution in [2.24, 2.45) is 0 Å². The molecule has 5 heteroatoms. The topological polar surface area (TPSA) is 66.4 Å². The van der Waals surface area contributed by atoms with Crippen LogP contribution in [0.15, 0.2) is 24.3 Å². The van der Waals surface area contributed by atoms with E-state index in [9.17, 15) is 14.0 Å². The molecule has 0 saturated carbocycles. The molecule has 0 atom stereocenters. The van der Waals surface area contributed by atoms with Crippen LogP contribution < -0.4 is 5.32 Å². The van der Waals surface area contributed by atoms with Crippen molar-refractivity contribution in [3.63, 3.8) is 0 Å². The Balaban J connectivity index is 2.39. The summed E-state index contributed by atoms with van der Waals surface area (Å²) in [5.41, 5.74) is 0.350. The average Bonchev–Trinajstić information content (AvgIpc) is 2.35. The van der Waals surface area contributed by atoms with Gasteiger partial charge in [-0.15, -0.1) is 0 Å². The molecule has 0 spiro atoms. The molecule has 1 rings (SSSR count). The largest absolute Gasteiger partial charge is 0.481 e. The van der Waals surface area contributed by atoms with E-state index in [4.69, 9.17) is 5.11 Å². The van der Waals surface area contributed by atoms with Gasteiger partial charge in [-0.05, 0) is 44.4 Å². The summed E-state index contributed by atoms with van der Waals surface area (Å²) in [7, 11) is 0. The Labute approximate surface area is 118 Å². The highest BCUT2D eigenvalue weighted by molar-refractivity contribution is 5.77. The molecule has 0 aliphatic carbocycles. The Bertz CT molecular complexity index is 469. The number of carboxylic acid groups (broad SMARTS) is 1. The van der Waals surface area contributed by atoms with Crippen LogP contribution in [0.1, 0.15) is 38.7 Å². The van der Waals surface area contributed by atoms with E-state index >= 15 is 0 Å². The lowest BCUT2D eigenvalue weighted by atomic mass is 9.98. The maximum atomic E-state index is 12.7. The predicted octanol–water partition coefficient (Wildman–Crippen LogP) is 2.52. The molecule has 1 amide bonds. The van der Waals surface area contributed by atoms with Gasteiger partial charge in [0.05, 0.1) is 0 Å². The number of hydrogen-bond acceptors (Lipinski definition) is 2. The van der Waals surface area contributed by atoms with E-state index in [1.165, 1.54) is 12.1 Å². The maximum absolute atomic E-state index is 12.7. The molecule has 2 N–H and O–H groups in total. The average molecular weight is 281 g/mol. The molecular weight excluding hydrogens is 261 g/mol. The minimum Gasteiger partial charge on any atom is -0.481 e. The van der Waals surface area contributed by atoms with Crippen molar-refractivity contribution >= 4 is 11.9 Å². The van der Waals surface area contributed by atoms with Crippen molar-refractivity contribution in [3.05, 3.63) is 35.6 Å². The van der Waals surface area contributed by atoms with Gasteiger partial charge in [0.2, 0.25) is 5.91 Å². The van der Waals surface area contributed by atoms with Crippen LogP contribution in [0.5, 0.6) is 0 Å². The number of benzene rings is 1. The fourth-order valence-corrected chi connectivity index (χ4v) is 1.83. The molecule has 0 aliphatic rings. The summed E-state index contributed by atoms with van der Waals surface area (Å²) in [6, 6.07) is 6.03. The van der Waals surface area contributed by atoms with E-state index in [0.717, 1.165) is 5.56 Å². The number of aliphatic carboxylic acids is 1. The Kier molecular flexibility index (Phi) is 5.67. The molecule has 0 saturated heterocycles. The van der Waals surface area contributed by atoms with Crippen LogP contribution in [0.3, 0.4) is 0 Å². The molecule has 1 aromatic carbocycles. The van der Waals surface area contributed by atoms with E-state index in [2.05, 4.69) is 5.32 Å². The zero-order chi connectivity index (χ0) is 15.2. The van der Waals surface area contributed by atoms with Gasteiger partial charge in [-0.3, -0.25) is 9.59 Å². The van der Waals surface area contributed by atoms with E-state index < -0.39 is 11.5 Å². The fraction of sp³-hybridized carbons (Fsp3) is 0.467. The van der Waals surface area contributed by atoms with Crippen molar-refractivity contribution in [1.29, 1.82) is 0 Å². The normalized spacial score (nSPS) is 11.2. The third-order valence-corrected chi connectivity index (χ3v) is 3.00. The van der Waals surface area contributed by atoms with E-state index in [0.29, 0.717) is 19.3 Å². The first-order valence-corrected chi connectivity index (χ1v) is 6.56. The smallest absolute Gasteiger partial charge is 0.303 e. The molecule has 0 aliphatic heterocycles. The molecular formula is C15H20FNO3. The summed E-state index contributed by atoms with van der Waals surface area (Å²) in [4.78, 5) is 22.3. The lowest BCUT2D eigenvalue weighted by Crippen LogP contribution is -2.43. The van der Waals surface area contributed by atoms with Gasteiger partial charge in [-0.2, -0.15) is 0 Å². The number of rotatable bonds is 7. The second-order valence-electron chi connectivity index (χ2n) is 5.45. The molecule has 0 bridgehead atoms. The van der Waals surface area contributed by atoms with Crippen LogP contribution in [0.2, 0.25) is 0 Å². The summed E-state index contributed by atoms with van der Waals surface area (Å²) < 4.78 is 12.7. The molecule has 4 nitrogen and oxygen atoms in total. The summed E-state index contributed by atoms with van der Waals surface area (Å²) in [5, 5.41) is 11.5. The fourth-order valence-electron chi connectivity index (χ4n) is 1.83. The molecule has 0 unspecified atom stereocenters. The monoisotopic (exact) mass is 281 g/mol. The highest BCUT2D eigenvalue weighted by atomic mass is 19.1. The molecule has 0 radical (unpaired) electrons. The SMILES string of the molecule is CC(C)(CCC(=O)O)NC(=O)CCc1ccc(F)cc1. The predicted molar refractivity (Wildman–Crippen MR) is 73.8 cm³/mol. The highest BCUT2D eigenvalue weighted by Crippen LogP contribution is 2.12. The number of carbonyl (C=O) groups is 2. The highest BCUT2D eigenvalue weighted by Gasteiger charge is 2.21. The molecule has 0 fully saturated rings. The van der Waals surface area contributed by atoms with Crippen LogP contribution >= 0.6 is 0 Å². The summed E-state index contributed by atoms with van der Waals surface area (Å²) in [5.74, 6) is -1.31. The number of carboxylic acids is 1. The Morgan fingerprint density at radius 1 is 1.20 bits per heavy atom. The molecule has 1 aromatic rings. The number of hydrogen-bond donors (Lipinski definition) is 2. The molecule has 0 heterocycles. The summed E-state index contributed by atoms with van der Waals surface area (Å²) in [6.07, 6.45) is 1.22. The van der Waals surface area contributed by atoms with E-state index in [-0.39, 0.29) is 18.1 Å². The quantitative estimate of drug-likeness (QED) is 0.807. The van der Waals surface area contributed by atoms with E-state index in [1.54, 1.807) is 26.0 Å². The second-order valence-corrected chi connectivity index (χ2v) is 5.45. The van der Waals surface area contributed by atoms with Crippen LogP contribution in [0, 0.1) is 5.82 Å². The van der Waals surface area contributed by atoms with Crippen molar-refractivity contribution in [1.82, 2.24) is 5.32 Å². The second kappa shape index (κ2) is 7.03. The maximum Gasteiger partial charge on any atom is 0.303 e. The van der Waals surface area contributed by atoms with Gasteiger partial charge in [0, 0.05) is 18.4 Å². The van der Waals surface area contributed by atoms with Gasteiger partial charge >= 0.3 is 5.97 Å². The zero-order valence-corrected chi connectivity index (χ0v) is 11.8. The van der Waals surface area contributed by atoms with Crippen molar-refractivity contribution in [2.75, 3.05) is 0 Å². The van der Waals surface area contributed by atoms with Gasteiger partial charge < -0.3 is 10.4 Å². The lowest BCUT2D eigenvalue weighted by Gasteiger charge is -2.25. The number of nitrogens with one attached hydrogen (secondary N) is 1. The van der Waals surface area contributed by atoms with E-state index in [1.807, 2.05) is 0 Å². The number of amides is 1. The molecule has 0 aromatic heterocycles. The summed E-state index contributed by atoms with van der Waals surface area (Å²) in [6.45, 7) is 3.59. The van der Waals surface area contributed by atoms with Crippen LogP contribution in [-0.4, -0.2) is 22.5 Å². The number of carbonyl (C=O) groups excluding carboxylic acids is 1.